The van der Waals surface area contributed by atoms with E-state index in [0.717, 1.165) is 62.4 Å². The Morgan fingerprint density at radius 3 is 2.06 bits per heavy atom. The van der Waals surface area contributed by atoms with Crippen LogP contribution in [0, 0.1) is 0 Å². The normalized spacial score (nSPS) is 19.9. The Labute approximate surface area is 294 Å². The maximum atomic E-state index is 12.6. The predicted octanol–water partition coefficient (Wildman–Crippen LogP) is 5.87. The maximum absolute atomic E-state index is 12.6. The van der Waals surface area contributed by atoms with Crippen molar-refractivity contribution in [3.8, 4) is 0 Å². The lowest BCUT2D eigenvalue weighted by molar-refractivity contribution is -0.253. The van der Waals surface area contributed by atoms with E-state index in [1.807, 2.05) is 54.6 Å². The van der Waals surface area contributed by atoms with E-state index in [-0.39, 0.29) is 43.5 Å². The quantitative estimate of drug-likeness (QED) is 0.129. The van der Waals surface area contributed by atoms with Crippen LogP contribution in [0.25, 0.3) is 0 Å². The standard InChI is InChI=1S/C40H47N5O5/c41-35-9-4-5-10-36(35)43-39(48)12-6-11-38(47)42-33-19-17-32(18-20-33)40-49-34(25-37(50-40)31-15-13-30(28-46)14-16-31)27-45-23-21-44(22-24-45)26-29-7-2-1-3-8-29/h1-5,7-10,13-20,34,37,40,46H,6,11-12,21-28,41H2,(H,42,47)(H,43,48). The summed E-state index contributed by atoms with van der Waals surface area (Å²) < 4.78 is 13.1. The molecule has 2 heterocycles. The van der Waals surface area contributed by atoms with Gasteiger partial charge >= 0.3 is 0 Å². The molecular weight excluding hydrogens is 630 g/mol. The minimum atomic E-state index is -0.572. The zero-order valence-corrected chi connectivity index (χ0v) is 28.4. The van der Waals surface area contributed by atoms with Crippen molar-refractivity contribution < 1.29 is 24.2 Å². The van der Waals surface area contributed by atoms with Crippen LogP contribution in [0.4, 0.5) is 17.1 Å². The Morgan fingerprint density at radius 2 is 1.36 bits per heavy atom. The van der Waals surface area contributed by atoms with Crippen LogP contribution in [0.2, 0.25) is 0 Å². The van der Waals surface area contributed by atoms with E-state index in [9.17, 15) is 14.7 Å². The molecule has 3 unspecified atom stereocenters. The molecule has 2 aliphatic rings. The Bertz CT molecular complexity index is 1680. The van der Waals surface area contributed by atoms with Crippen molar-refractivity contribution in [2.75, 3.05) is 49.1 Å². The summed E-state index contributed by atoms with van der Waals surface area (Å²) >= 11 is 0. The lowest BCUT2D eigenvalue weighted by Crippen LogP contribution is -2.49. The van der Waals surface area contributed by atoms with E-state index in [1.165, 1.54) is 5.56 Å². The number of piperazine rings is 1. The van der Waals surface area contributed by atoms with Crippen molar-refractivity contribution in [1.29, 1.82) is 0 Å². The Hall–Kier alpha value is -4.58. The molecule has 0 bridgehead atoms. The van der Waals surface area contributed by atoms with Crippen LogP contribution in [-0.4, -0.2) is 65.5 Å². The maximum Gasteiger partial charge on any atom is 0.224 e. The number of rotatable bonds is 13. The van der Waals surface area contributed by atoms with E-state index < -0.39 is 6.29 Å². The van der Waals surface area contributed by atoms with Crippen LogP contribution in [0.15, 0.2) is 103 Å². The van der Waals surface area contributed by atoms with Gasteiger partial charge in [0.1, 0.15) is 0 Å². The average molecular weight is 678 g/mol. The number of nitrogens with two attached hydrogens (primary N) is 1. The first kappa shape index (κ1) is 35.3. The van der Waals surface area contributed by atoms with Gasteiger partial charge in [-0.15, -0.1) is 0 Å². The molecule has 3 atom stereocenters. The highest BCUT2D eigenvalue weighted by Gasteiger charge is 2.34. The summed E-state index contributed by atoms with van der Waals surface area (Å²) in [6.45, 7) is 5.76. The Kier molecular flexibility index (Phi) is 12.3. The number of nitrogens with zero attached hydrogens (tertiary/aromatic N) is 2. The summed E-state index contributed by atoms with van der Waals surface area (Å²) in [7, 11) is 0. The number of hydrogen-bond acceptors (Lipinski definition) is 8. The third kappa shape index (κ3) is 9.99. The van der Waals surface area contributed by atoms with Gasteiger partial charge in [0.2, 0.25) is 11.8 Å². The van der Waals surface area contributed by atoms with Crippen LogP contribution in [0.1, 0.15) is 60.3 Å². The van der Waals surface area contributed by atoms with Gasteiger partial charge < -0.3 is 30.9 Å². The van der Waals surface area contributed by atoms with Gasteiger partial charge in [0.15, 0.2) is 6.29 Å². The third-order valence-electron chi connectivity index (χ3n) is 9.30. The highest BCUT2D eigenvalue weighted by atomic mass is 16.7. The average Bonchev–Trinajstić information content (AvgIpc) is 3.14. The number of nitrogens with one attached hydrogen (secondary N) is 2. The number of ether oxygens (including phenoxy) is 2. The van der Waals surface area contributed by atoms with Crippen molar-refractivity contribution >= 4 is 28.9 Å². The summed E-state index contributed by atoms with van der Waals surface area (Å²) in [5.74, 6) is -0.343. The molecule has 0 radical (unpaired) electrons. The third-order valence-corrected chi connectivity index (χ3v) is 9.30. The number of nitrogen functional groups attached to an aromatic ring is 1. The second-order valence-corrected chi connectivity index (χ2v) is 13.1. The molecule has 50 heavy (non-hydrogen) atoms. The van der Waals surface area contributed by atoms with Crippen molar-refractivity contribution in [2.45, 2.75) is 57.3 Å². The molecule has 0 aromatic heterocycles. The molecule has 0 saturated carbocycles. The molecule has 2 fully saturated rings. The zero-order valence-electron chi connectivity index (χ0n) is 28.4. The number of para-hydroxylation sites is 2. The van der Waals surface area contributed by atoms with Crippen molar-refractivity contribution in [2.24, 2.45) is 0 Å². The summed E-state index contributed by atoms with van der Waals surface area (Å²) in [6, 6.07) is 33.2. The van der Waals surface area contributed by atoms with Gasteiger partial charge in [0.25, 0.3) is 0 Å². The fourth-order valence-electron chi connectivity index (χ4n) is 6.47. The topological polar surface area (TPSA) is 129 Å². The number of anilines is 3. The van der Waals surface area contributed by atoms with Crippen molar-refractivity contribution in [3.05, 3.63) is 125 Å². The molecular formula is C40H47N5O5. The highest BCUT2D eigenvalue weighted by Crippen LogP contribution is 2.38. The van der Waals surface area contributed by atoms with Gasteiger partial charge in [-0.1, -0.05) is 78.9 Å². The Balaban J connectivity index is 1.03. The molecule has 2 saturated heterocycles. The largest absolute Gasteiger partial charge is 0.397 e. The summed E-state index contributed by atoms with van der Waals surface area (Å²) in [5, 5.41) is 15.3. The molecule has 2 amide bonds. The molecule has 4 aromatic rings. The monoisotopic (exact) mass is 677 g/mol. The van der Waals surface area contributed by atoms with Gasteiger partial charge in [-0.3, -0.25) is 19.4 Å². The number of hydrogen-bond donors (Lipinski definition) is 4. The molecule has 262 valence electrons. The number of carbonyl (C=O) groups is 2. The van der Waals surface area contributed by atoms with Gasteiger partial charge in [-0.2, -0.15) is 0 Å². The summed E-state index contributed by atoms with van der Waals surface area (Å²) in [4.78, 5) is 29.9. The number of carbonyl (C=O) groups excluding carboxylic acids is 2. The van der Waals surface area contributed by atoms with Crippen molar-refractivity contribution in [3.63, 3.8) is 0 Å². The number of benzene rings is 4. The molecule has 0 spiro atoms. The predicted molar refractivity (Wildman–Crippen MR) is 195 cm³/mol. The summed E-state index contributed by atoms with van der Waals surface area (Å²) in [5.41, 5.74) is 11.8. The first-order valence-corrected chi connectivity index (χ1v) is 17.5. The molecule has 6 rings (SSSR count). The van der Waals surface area contributed by atoms with Gasteiger partial charge in [0, 0.05) is 69.8 Å². The number of amides is 2. The van der Waals surface area contributed by atoms with E-state index >= 15 is 0 Å². The Morgan fingerprint density at radius 1 is 0.720 bits per heavy atom. The van der Waals surface area contributed by atoms with Crippen LogP contribution < -0.4 is 16.4 Å². The van der Waals surface area contributed by atoms with Crippen LogP contribution >= 0.6 is 0 Å². The van der Waals surface area contributed by atoms with Crippen molar-refractivity contribution in [1.82, 2.24) is 9.80 Å². The van der Waals surface area contributed by atoms with E-state index in [2.05, 4.69) is 50.8 Å². The smallest absolute Gasteiger partial charge is 0.224 e. The van der Waals surface area contributed by atoms with E-state index in [1.54, 1.807) is 18.2 Å². The molecule has 4 aromatic carbocycles. The SMILES string of the molecule is Nc1ccccc1NC(=O)CCCC(=O)Nc1ccc(C2OC(CN3CCN(Cc4ccccc4)CC3)CC(c3ccc(CO)cc3)O2)cc1. The molecule has 2 aliphatic heterocycles. The highest BCUT2D eigenvalue weighted by molar-refractivity contribution is 5.94. The first-order chi connectivity index (χ1) is 24.4. The van der Waals surface area contributed by atoms with Gasteiger partial charge in [-0.05, 0) is 47.4 Å². The molecule has 10 heteroatoms. The first-order valence-electron chi connectivity index (χ1n) is 17.5. The summed E-state index contributed by atoms with van der Waals surface area (Å²) in [6.07, 6.45) is 0.796. The number of aliphatic hydroxyl groups is 1. The number of aliphatic hydroxyl groups excluding tert-OH is 1. The second kappa shape index (κ2) is 17.4. The molecule has 5 N–H and O–H groups in total. The molecule has 10 nitrogen and oxygen atoms in total. The van der Waals surface area contributed by atoms with Gasteiger partial charge in [-0.25, -0.2) is 0 Å². The van der Waals surface area contributed by atoms with Gasteiger partial charge in [0.05, 0.1) is 30.2 Å². The minimum absolute atomic E-state index is 0.00154. The lowest BCUT2D eigenvalue weighted by Gasteiger charge is -2.40. The minimum Gasteiger partial charge on any atom is -0.397 e. The zero-order chi connectivity index (χ0) is 34.7. The molecule has 0 aliphatic carbocycles. The fraction of sp³-hybridized carbons (Fsp3) is 0.350. The van der Waals surface area contributed by atoms with Crippen LogP contribution in [-0.2, 0) is 32.2 Å². The second-order valence-electron chi connectivity index (χ2n) is 13.1. The van der Waals surface area contributed by atoms with E-state index in [0.29, 0.717) is 23.5 Å². The van der Waals surface area contributed by atoms with Crippen LogP contribution in [0.5, 0.6) is 0 Å². The fourth-order valence-corrected chi connectivity index (χ4v) is 6.47. The van der Waals surface area contributed by atoms with Crippen LogP contribution in [0.3, 0.4) is 0 Å². The van der Waals surface area contributed by atoms with E-state index in [4.69, 9.17) is 15.2 Å². The lowest BCUT2D eigenvalue weighted by atomic mass is 9.99.